The number of carbonyl (C=O) groups excluding carboxylic acids is 1. The van der Waals surface area contributed by atoms with Gasteiger partial charge in [-0.1, -0.05) is 30.3 Å². The van der Waals surface area contributed by atoms with Crippen molar-refractivity contribution in [1.29, 1.82) is 0 Å². The molecule has 1 saturated heterocycles. The minimum atomic E-state index is -0.341. The van der Waals surface area contributed by atoms with Crippen LogP contribution in [0.15, 0.2) is 66.9 Å². The third-order valence-corrected chi connectivity index (χ3v) is 6.82. The van der Waals surface area contributed by atoms with Crippen molar-refractivity contribution >= 4 is 5.91 Å². The molecule has 0 bridgehead atoms. The van der Waals surface area contributed by atoms with Crippen LogP contribution in [0.25, 0.3) is 0 Å². The summed E-state index contributed by atoms with van der Waals surface area (Å²) >= 11 is 0. The van der Waals surface area contributed by atoms with Crippen LogP contribution in [0.5, 0.6) is 11.5 Å². The summed E-state index contributed by atoms with van der Waals surface area (Å²) in [5, 5.41) is 0. The summed E-state index contributed by atoms with van der Waals surface area (Å²) in [6, 6.07) is 18.0. The van der Waals surface area contributed by atoms with Gasteiger partial charge in [0.05, 0.1) is 7.11 Å². The first kappa shape index (κ1) is 21.4. The van der Waals surface area contributed by atoms with Crippen molar-refractivity contribution in [3.8, 4) is 11.5 Å². The second kappa shape index (κ2) is 9.22. The minimum absolute atomic E-state index is 0.0118. The Morgan fingerprint density at radius 1 is 1.06 bits per heavy atom. The van der Waals surface area contributed by atoms with Gasteiger partial charge in [0, 0.05) is 48.4 Å². The highest BCUT2D eigenvalue weighted by atomic mass is 19.1. The van der Waals surface area contributed by atoms with Crippen LogP contribution in [-0.2, 0) is 6.42 Å². The van der Waals surface area contributed by atoms with E-state index >= 15 is 0 Å². The van der Waals surface area contributed by atoms with E-state index in [4.69, 9.17) is 9.47 Å². The molecule has 0 spiro atoms. The van der Waals surface area contributed by atoms with Crippen LogP contribution < -0.4 is 9.47 Å². The zero-order chi connectivity index (χ0) is 22.8. The zero-order valence-corrected chi connectivity index (χ0v) is 18.6. The number of para-hydroxylation sites is 2. The molecule has 3 aromatic rings. The molecule has 5 nitrogen and oxygen atoms in total. The van der Waals surface area contributed by atoms with Crippen molar-refractivity contribution < 1.29 is 18.7 Å². The molecule has 2 heterocycles. The van der Waals surface area contributed by atoms with Crippen molar-refractivity contribution in [3.63, 3.8) is 0 Å². The molecule has 0 unspecified atom stereocenters. The highest BCUT2D eigenvalue weighted by Gasteiger charge is 2.45. The number of benzene rings is 2. The van der Waals surface area contributed by atoms with Gasteiger partial charge in [-0.05, 0) is 49.1 Å². The predicted molar refractivity (Wildman–Crippen MR) is 123 cm³/mol. The second-order valence-electron chi connectivity index (χ2n) is 8.82. The molecule has 5 rings (SSSR count). The van der Waals surface area contributed by atoms with Crippen LogP contribution in [0.2, 0.25) is 0 Å². The number of rotatable bonds is 6. The van der Waals surface area contributed by atoms with Gasteiger partial charge in [-0.3, -0.25) is 9.78 Å². The maximum atomic E-state index is 14.1. The number of likely N-dealkylation sites (tertiary alicyclic amines) is 1. The van der Waals surface area contributed by atoms with E-state index in [1.807, 2.05) is 35.2 Å². The quantitative estimate of drug-likeness (QED) is 0.548. The average molecular weight is 447 g/mol. The summed E-state index contributed by atoms with van der Waals surface area (Å²) in [5.74, 6) is 1.39. The fourth-order valence-electron chi connectivity index (χ4n) is 5.17. The lowest BCUT2D eigenvalue weighted by Gasteiger charge is -2.22. The van der Waals surface area contributed by atoms with Gasteiger partial charge >= 0.3 is 0 Å². The molecule has 1 amide bonds. The average Bonchev–Trinajstić information content (AvgIpc) is 3.42. The summed E-state index contributed by atoms with van der Waals surface area (Å²) < 4.78 is 25.5. The fraction of sp³-hybridized carbons (Fsp3) is 0.333. The standard InChI is InChI=1S/C27H27FN2O3/c1-32-24-8-4-2-6-18(24)14-21-15-19(12-13-29-21)27(31)30-16-20-10-11-25(22(20)17-30)33-26-9-5-3-7-23(26)28/h2-9,12-13,15,20,22,25H,10-11,14,16-17H2,1H3/t20-,22+,25-/m0/s1. The Morgan fingerprint density at radius 2 is 1.85 bits per heavy atom. The summed E-state index contributed by atoms with van der Waals surface area (Å²) in [6.07, 6.45) is 4.10. The molecule has 2 aliphatic rings. The molecule has 1 aliphatic carbocycles. The summed E-state index contributed by atoms with van der Waals surface area (Å²) in [6.45, 7) is 1.34. The van der Waals surface area contributed by atoms with Gasteiger partial charge in [0.2, 0.25) is 0 Å². The van der Waals surface area contributed by atoms with E-state index in [-0.39, 0.29) is 23.7 Å². The summed E-state index contributed by atoms with van der Waals surface area (Å²) in [7, 11) is 1.65. The SMILES string of the molecule is COc1ccccc1Cc1cc(C(=O)N2C[C@@H]3CC[C@H](Oc4ccccc4F)[C@@H]3C2)ccn1. The number of nitrogens with zero attached hydrogens (tertiary/aromatic N) is 2. The molecule has 2 aromatic carbocycles. The molecule has 0 radical (unpaired) electrons. The number of hydrogen-bond acceptors (Lipinski definition) is 4. The lowest BCUT2D eigenvalue weighted by atomic mass is 9.99. The fourth-order valence-corrected chi connectivity index (χ4v) is 5.17. The lowest BCUT2D eigenvalue weighted by molar-refractivity contribution is 0.0760. The normalized spacial score (nSPS) is 21.6. The third-order valence-electron chi connectivity index (χ3n) is 6.82. The molecule has 1 aliphatic heterocycles. The molecule has 6 heteroatoms. The molecule has 1 aromatic heterocycles. The van der Waals surface area contributed by atoms with Gasteiger partial charge in [-0.25, -0.2) is 4.39 Å². The number of fused-ring (bicyclic) bond motifs is 1. The van der Waals surface area contributed by atoms with Crippen molar-refractivity contribution in [3.05, 3.63) is 89.5 Å². The van der Waals surface area contributed by atoms with E-state index in [2.05, 4.69) is 4.98 Å². The van der Waals surface area contributed by atoms with E-state index < -0.39 is 0 Å². The van der Waals surface area contributed by atoms with Crippen LogP contribution in [0.1, 0.15) is 34.5 Å². The Hall–Kier alpha value is -3.41. The zero-order valence-electron chi connectivity index (χ0n) is 18.6. The van der Waals surface area contributed by atoms with Crippen LogP contribution in [-0.4, -0.2) is 42.1 Å². The van der Waals surface area contributed by atoms with Crippen LogP contribution in [0, 0.1) is 17.7 Å². The van der Waals surface area contributed by atoms with Crippen LogP contribution in [0.4, 0.5) is 4.39 Å². The topological polar surface area (TPSA) is 51.7 Å². The van der Waals surface area contributed by atoms with Crippen molar-refractivity contribution in [1.82, 2.24) is 9.88 Å². The van der Waals surface area contributed by atoms with Crippen LogP contribution >= 0.6 is 0 Å². The smallest absolute Gasteiger partial charge is 0.253 e. The summed E-state index contributed by atoms with van der Waals surface area (Å²) in [5.41, 5.74) is 2.49. The van der Waals surface area contributed by atoms with E-state index in [0.29, 0.717) is 36.7 Å². The largest absolute Gasteiger partial charge is 0.496 e. The molecule has 2 fully saturated rings. The number of pyridine rings is 1. The highest BCUT2D eigenvalue weighted by Crippen LogP contribution is 2.41. The maximum absolute atomic E-state index is 14.1. The van der Waals surface area contributed by atoms with Gasteiger partial charge in [0.1, 0.15) is 11.9 Å². The second-order valence-corrected chi connectivity index (χ2v) is 8.82. The van der Waals surface area contributed by atoms with Gasteiger partial charge in [0.15, 0.2) is 11.6 Å². The Kier molecular flexibility index (Phi) is 5.99. The first-order valence-electron chi connectivity index (χ1n) is 11.4. The van der Waals surface area contributed by atoms with Gasteiger partial charge < -0.3 is 14.4 Å². The predicted octanol–water partition coefficient (Wildman–Crippen LogP) is 4.75. The molecule has 170 valence electrons. The maximum Gasteiger partial charge on any atom is 0.253 e. The van der Waals surface area contributed by atoms with E-state index in [1.54, 1.807) is 37.6 Å². The monoisotopic (exact) mass is 446 g/mol. The van der Waals surface area contributed by atoms with Crippen molar-refractivity contribution in [2.24, 2.45) is 11.8 Å². The van der Waals surface area contributed by atoms with Gasteiger partial charge in [-0.2, -0.15) is 0 Å². The number of aromatic nitrogens is 1. The number of halogens is 1. The number of amides is 1. The van der Waals surface area contributed by atoms with Gasteiger partial charge in [-0.15, -0.1) is 0 Å². The summed E-state index contributed by atoms with van der Waals surface area (Å²) in [4.78, 5) is 19.7. The Labute approximate surface area is 193 Å². The number of hydrogen-bond donors (Lipinski definition) is 0. The molecule has 0 N–H and O–H groups in total. The molecular formula is C27H27FN2O3. The van der Waals surface area contributed by atoms with Crippen LogP contribution in [0.3, 0.4) is 0 Å². The number of methoxy groups -OCH3 is 1. The molecule has 3 atom stereocenters. The Balaban J connectivity index is 1.27. The molecule has 33 heavy (non-hydrogen) atoms. The Morgan fingerprint density at radius 3 is 2.67 bits per heavy atom. The minimum Gasteiger partial charge on any atom is -0.496 e. The lowest BCUT2D eigenvalue weighted by Crippen LogP contribution is -2.32. The van der Waals surface area contributed by atoms with Crippen molar-refractivity contribution in [2.45, 2.75) is 25.4 Å². The third kappa shape index (κ3) is 4.42. The van der Waals surface area contributed by atoms with E-state index in [1.165, 1.54) is 6.07 Å². The molecule has 1 saturated carbocycles. The highest BCUT2D eigenvalue weighted by molar-refractivity contribution is 5.94. The first-order valence-corrected chi connectivity index (χ1v) is 11.4. The van der Waals surface area contributed by atoms with Crippen molar-refractivity contribution in [2.75, 3.05) is 20.2 Å². The number of ether oxygens (including phenoxy) is 2. The van der Waals surface area contributed by atoms with E-state index in [0.717, 1.165) is 29.8 Å². The first-order chi connectivity index (χ1) is 16.1. The number of carbonyl (C=O) groups is 1. The van der Waals surface area contributed by atoms with Gasteiger partial charge in [0.25, 0.3) is 5.91 Å². The Bertz CT molecular complexity index is 1150. The molecular weight excluding hydrogens is 419 g/mol. The van der Waals surface area contributed by atoms with E-state index in [9.17, 15) is 9.18 Å².